The maximum atomic E-state index is 6.39. The second-order valence-electron chi connectivity index (χ2n) is 15.1. The second-order valence-corrected chi connectivity index (χ2v) is 15.1. The predicted octanol–water partition coefficient (Wildman–Crippen LogP) is 11.6. The summed E-state index contributed by atoms with van der Waals surface area (Å²) in [5.41, 5.74) is 12.0. The van der Waals surface area contributed by atoms with E-state index in [0.29, 0.717) is 57.5 Å². The summed E-state index contributed by atoms with van der Waals surface area (Å²) in [6, 6.07) is 49.8. The molecule has 0 unspecified atom stereocenters. The first kappa shape index (κ1) is 43.7. The molecule has 0 atom stereocenters. The van der Waals surface area contributed by atoms with Crippen LogP contribution < -0.4 is 16.0 Å². The number of benzene rings is 6. The van der Waals surface area contributed by atoms with Gasteiger partial charge in [-0.1, -0.05) is 106 Å². The molecule has 0 aromatic heterocycles. The monoisotopic (exact) mass is 815 g/mol. The molecule has 6 aromatic carbocycles. The molecule has 0 saturated heterocycles. The van der Waals surface area contributed by atoms with Gasteiger partial charge in [-0.15, -0.1) is 0 Å². The number of aliphatic imine (C=N–C) groups is 3. The Labute approximate surface area is 361 Å². The van der Waals surface area contributed by atoms with Crippen molar-refractivity contribution in [2.75, 3.05) is 55.4 Å². The van der Waals surface area contributed by atoms with Crippen molar-refractivity contribution >= 4 is 52.2 Å². The van der Waals surface area contributed by atoms with Crippen LogP contribution in [0.25, 0.3) is 0 Å². The SMILES string of the molecule is Cc1ccc(N=C(Nc2ccc(C)cc2)OCCN(CCOC(=Nc2ccc(C)cc2)Nc2ccc(C)cc2)CCOC(=Nc2ccc(C)cc2)Nc2ccc(C)cc2)cc1. The van der Waals surface area contributed by atoms with E-state index in [2.05, 4.69) is 98.8 Å². The van der Waals surface area contributed by atoms with Crippen molar-refractivity contribution in [3.8, 4) is 0 Å². The van der Waals surface area contributed by atoms with Gasteiger partial charge >= 0.3 is 0 Å². The molecule has 0 spiro atoms. The van der Waals surface area contributed by atoms with Gasteiger partial charge in [0.2, 0.25) is 0 Å². The molecule has 0 radical (unpaired) electrons. The summed E-state index contributed by atoms with van der Waals surface area (Å²) in [6.07, 6.45) is 0. The zero-order chi connectivity index (χ0) is 42.8. The highest BCUT2D eigenvalue weighted by molar-refractivity contribution is 5.92. The molecule has 0 heterocycles. The zero-order valence-corrected chi connectivity index (χ0v) is 36.1. The normalized spacial score (nSPS) is 12.0. The molecule has 0 aliphatic heterocycles. The fourth-order valence-corrected chi connectivity index (χ4v) is 5.93. The van der Waals surface area contributed by atoms with Gasteiger partial charge in [-0.25, -0.2) is 0 Å². The molecular weight excluding hydrogens is 759 g/mol. The summed E-state index contributed by atoms with van der Waals surface area (Å²) in [4.78, 5) is 16.7. The lowest BCUT2D eigenvalue weighted by molar-refractivity contribution is 0.145. The van der Waals surface area contributed by atoms with Crippen LogP contribution >= 0.6 is 0 Å². The van der Waals surface area contributed by atoms with E-state index in [-0.39, 0.29) is 0 Å². The predicted molar refractivity (Wildman–Crippen MR) is 254 cm³/mol. The van der Waals surface area contributed by atoms with E-state index in [1.807, 2.05) is 109 Å². The minimum Gasteiger partial charge on any atom is -0.463 e. The van der Waals surface area contributed by atoms with Crippen LogP contribution in [0.4, 0.5) is 34.1 Å². The number of hydrogen-bond donors (Lipinski definition) is 3. The molecule has 0 aliphatic carbocycles. The Morgan fingerprint density at radius 1 is 0.344 bits per heavy atom. The van der Waals surface area contributed by atoms with Crippen molar-refractivity contribution in [2.45, 2.75) is 41.5 Å². The van der Waals surface area contributed by atoms with Crippen molar-refractivity contribution in [3.05, 3.63) is 179 Å². The second kappa shape index (κ2) is 22.5. The van der Waals surface area contributed by atoms with Gasteiger partial charge in [-0.3, -0.25) is 4.90 Å². The third-order valence-electron chi connectivity index (χ3n) is 9.64. The van der Waals surface area contributed by atoms with Crippen LogP contribution in [-0.2, 0) is 14.2 Å². The number of nitrogens with one attached hydrogen (secondary N) is 3. The van der Waals surface area contributed by atoms with Gasteiger partial charge in [-0.05, 0) is 114 Å². The van der Waals surface area contributed by atoms with Crippen LogP contribution in [0.3, 0.4) is 0 Å². The topological polar surface area (TPSA) is 104 Å². The molecule has 0 fully saturated rings. The average molecular weight is 816 g/mol. The van der Waals surface area contributed by atoms with Crippen LogP contribution in [0.2, 0.25) is 0 Å². The summed E-state index contributed by atoms with van der Waals surface area (Å²) in [7, 11) is 0. The minimum absolute atomic E-state index is 0.349. The first-order chi connectivity index (χ1) is 29.6. The Bertz CT molecular complexity index is 2070. The Hall–Kier alpha value is -6.91. The van der Waals surface area contributed by atoms with E-state index in [4.69, 9.17) is 29.2 Å². The third kappa shape index (κ3) is 15.3. The molecule has 6 rings (SSSR count). The van der Waals surface area contributed by atoms with Crippen molar-refractivity contribution < 1.29 is 14.2 Å². The lowest BCUT2D eigenvalue weighted by Gasteiger charge is -2.23. The number of anilines is 3. The van der Waals surface area contributed by atoms with Gasteiger partial charge in [0.1, 0.15) is 19.8 Å². The van der Waals surface area contributed by atoms with Gasteiger partial charge in [0.25, 0.3) is 18.1 Å². The molecule has 3 N–H and O–H groups in total. The number of hydrogen-bond acceptors (Lipinski definition) is 7. The van der Waals surface area contributed by atoms with E-state index in [0.717, 1.165) is 50.8 Å². The number of nitrogens with zero attached hydrogens (tertiary/aromatic N) is 4. The van der Waals surface area contributed by atoms with Crippen LogP contribution in [-0.4, -0.2) is 62.4 Å². The van der Waals surface area contributed by atoms with Crippen LogP contribution in [0.1, 0.15) is 33.4 Å². The molecule has 10 nitrogen and oxygen atoms in total. The summed E-state index contributed by atoms with van der Waals surface area (Å²) in [5, 5.41) is 10.1. The lowest BCUT2D eigenvalue weighted by Crippen LogP contribution is -2.36. The average Bonchev–Trinajstić information content (AvgIpc) is 3.25. The summed E-state index contributed by atoms with van der Waals surface area (Å²) < 4.78 is 19.2. The maximum Gasteiger partial charge on any atom is 0.294 e. The Morgan fingerprint density at radius 2 is 0.557 bits per heavy atom. The molecule has 10 heteroatoms. The molecule has 61 heavy (non-hydrogen) atoms. The van der Waals surface area contributed by atoms with Gasteiger partial charge in [0.15, 0.2) is 0 Å². The molecule has 314 valence electrons. The molecule has 0 amide bonds. The number of ether oxygens (including phenoxy) is 3. The van der Waals surface area contributed by atoms with E-state index >= 15 is 0 Å². The first-order valence-corrected chi connectivity index (χ1v) is 20.7. The van der Waals surface area contributed by atoms with E-state index in [1.165, 1.54) is 16.7 Å². The van der Waals surface area contributed by atoms with Crippen molar-refractivity contribution in [3.63, 3.8) is 0 Å². The fourth-order valence-electron chi connectivity index (χ4n) is 5.93. The highest BCUT2D eigenvalue weighted by atomic mass is 16.5. The van der Waals surface area contributed by atoms with Crippen molar-refractivity contribution in [1.82, 2.24) is 4.90 Å². The summed E-state index contributed by atoms with van der Waals surface area (Å²) in [5.74, 6) is 0. The van der Waals surface area contributed by atoms with Crippen LogP contribution in [0.5, 0.6) is 0 Å². The lowest BCUT2D eigenvalue weighted by atomic mass is 10.2. The number of amidine groups is 3. The largest absolute Gasteiger partial charge is 0.463 e. The highest BCUT2D eigenvalue weighted by Crippen LogP contribution is 2.19. The van der Waals surface area contributed by atoms with Crippen molar-refractivity contribution in [2.24, 2.45) is 15.0 Å². The zero-order valence-electron chi connectivity index (χ0n) is 36.1. The smallest absolute Gasteiger partial charge is 0.294 e. The van der Waals surface area contributed by atoms with E-state index in [1.54, 1.807) is 0 Å². The summed E-state index contributed by atoms with van der Waals surface area (Å²) in [6.45, 7) is 15.1. The fraction of sp³-hybridized carbons (Fsp3) is 0.235. The third-order valence-corrected chi connectivity index (χ3v) is 9.64. The van der Waals surface area contributed by atoms with Crippen LogP contribution in [0, 0.1) is 41.5 Å². The van der Waals surface area contributed by atoms with E-state index in [9.17, 15) is 0 Å². The van der Waals surface area contributed by atoms with Gasteiger partial charge in [0.05, 0.1) is 17.1 Å². The first-order valence-electron chi connectivity index (χ1n) is 20.7. The Balaban J connectivity index is 1.19. The minimum atomic E-state index is 0.349. The molecule has 0 bridgehead atoms. The summed E-state index contributed by atoms with van der Waals surface area (Å²) >= 11 is 0. The standard InChI is InChI=1S/C51H57N7O3/c1-37-7-19-43(20-8-37)52-49(53-44-21-9-38(2)10-22-44)59-34-31-58(32-35-60-50(54-45-23-11-39(3)12-24-45)55-46-25-13-40(4)14-26-46)33-36-61-51(56-47-27-15-41(5)16-28-47)57-48-29-17-42(6)18-30-48/h7-30H,31-36H2,1-6H3,(H,52,53)(H,54,55)(H,56,57). The van der Waals surface area contributed by atoms with Gasteiger partial charge in [0, 0.05) is 36.7 Å². The van der Waals surface area contributed by atoms with Gasteiger partial charge in [-0.2, -0.15) is 15.0 Å². The molecule has 0 aliphatic rings. The maximum absolute atomic E-state index is 6.39. The Kier molecular flexibility index (Phi) is 16.1. The Morgan fingerprint density at radius 3 is 0.787 bits per heavy atom. The number of aryl methyl sites for hydroxylation is 6. The molecular formula is C51H57N7O3. The highest BCUT2D eigenvalue weighted by Gasteiger charge is 2.12. The quantitative estimate of drug-likeness (QED) is 0.0700. The number of rotatable bonds is 15. The molecule has 0 saturated carbocycles. The van der Waals surface area contributed by atoms with E-state index < -0.39 is 0 Å². The molecule has 6 aromatic rings. The van der Waals surface area contributed by atoms with Crippen molar-refractivity contribution in [1.29, 1.82) is 0 Å². The van der Waals surface area contributed by atoms with Crippen LogP contribution in [0.15, 0.2) is 161 Å². The van der Waals surface area contributed by atoms with Gasteiger partial charge < -0.3 is 30.2 Å².